The summed E-state index contributed by atoms with van der Waals surface area (Å²) in [5.41, 5.74) is 1.94. The molecule has 1 aliphatic rings. The van der Waals surface area contributed by atoms with E-state index in [0.717, 1.165) is 24.5 Å². The van der Waals surface area contributed by atoms with Gasteiger partial charge in [-0.25, -0.2) is 19.6 Å². The lowest BCUT2D eigenvalue weighted by Crippen LogP contribution is -2.55. The van der Waals surface area contributed by atoms with Gasteiger partial charge in [-0.1, -0.05) is 45.5 Å². The Morgan fingerprint density at radius 1 is 1.04 bits per heavy atom. The molecule has 8 heteroatoms. The second kappa shape index (κ2) is 6.30. The summed E-state index contributed by atoms with van der Waals surface area (Å²) in [5.74, 6) is -1.10. The molecule has 3 aromatic rings. The van der Waals surface area contributed by atoms with Crippen LogP contribution in [0.4, 0.5) is 15.6 Å². The quantitative estimate of drug-likeness (QED) is 0.570. The average Bonchev–Trinajstić information content (AvgIpc) is 2.98. The van der Waals surface area contributed by atoms with E-state index in [2.05, 4.69) is 20.9 Å². The monoisotopic (exact) mass is 429 g/mol. The first-order valence-electron chi connectivity index (χ1n) is 7.77. The standard InChI is InChI=1S/C18H12BrN3O3S/c1-10-4-2-3-5-13(10)21-15(23)9-16(24)22(18(21)25)17-20-12-7-6-11(19)8-14(12)26-17/h2-8H,9H2,1H3. The van der Waals surface area contributed by atoms with E-state index in [1.54, 1.807) is 12.1 Å². The molecule has 0 N–H and O–H groups in total. The highest BCUT2D eigenvalue weighted by Crippen LogP contribution is 2.34. The summed E-state index contributed by atoms with van der Waals surface area (Å²) >= 11 is 4.63. The molecule has 0 unspecified atom stereocenters. The lowest BCUT2D eigenvalue weighted by Gasteiger charge is -2.31. The molecule has 1 aliphatic heterocycles. The lowest BCUT2D eigenvalue weighted by molar-refractivity contribution is -0.126. The fourth-order valence-electron chi connectivity index (χ4n) is 2.82. The van der Waals surface area contributed by atoms with Gasteiger partial charge in [0.2, 0.25) is 16.9 Å². The number of rotatable bonds is 2. The number of carbonyl (C=O) groups excluding carboxylic acids is 3. The number of imide groups is 2. The number of amides is 4. The number of aryl methyl sites for hydroxylation is 1. The van der Waals surface area contributed by atoms with Gasteiger partial charge in [0.1, 0.15) is 6.42 Å². The molecule has 130 valence electrons. The third-order valence-electron chi connectivity index (χ3n) is 4.07. The normalized spacial score (nSPS) is 15.2. The zero-order chi connectivity index (χ0) is 18.4. The molecule has 0 bridgehead atoms. The number of fused-ring (bicyclic) bond motifs is 1. The minimum absolute atomic E-state index is 0.263. The van der Waals surface area contributed by atoms with Gasteiger partial charge in [-0.05, 0) is 36.8 Å². The van der Waals surface area contributed by atoms with Crippen LogP contribution in [-0.2, 0) is 9.59 Å². The van der Waals surface area contributed by atoms with Crippen molar-refractivity contribution in [2.45, 2.75) is 13.3 Å². The Labute approximate surface area is 161 Å². The highest BCUT2D eigenvalue weighted by atomic mass is 79.9. The predicted molar refractivity (Wildman–Crippen MR) is 103 cm³/mol. The second-order valence-electron chi connectivity index (χ2n) is 5.81. The first kappa shape index (κ1) is 16.9. The molecule has 2 heterocycles. The van der Waals surface area contributed by atoms with Crippen molar-refractivity contribution in [1.82, 2.24) is 4.98 Å². The molecule has 0 saturated carbocycles. The number of barbiturate groups is 1. The molecule has 1 aromatic heterocycles. The number of halogens is 1. The molecule has 0 atom stereocenters. The van der Waals surface area contributed by atoms with Crippen molar-refractivity contribution in [2.75, 3.05) is 9.80 Å². The van der Waals surface area contributed by atoms with Crippen LogP contribution < -0.4 is 9.80 Å². The van der Waals surface area contributed by atoms with Crippen molar-refractivity contribution in [2.24, 2.45) is 0 Å². The summed E-state index contributed by atoms with van der Waals surface area (Å²) in [6.07, 6.45) is -0.375. The fourth-order valence-corrected chi connectivity index (χ4v) is 4.35. The van der Waals surface area contributed by atoms with E-state index in [-0.39, 0.29) is 11.6 Å². The minimum atomic E-state index is -0.696. The Morgan fingerprint density at radius 2 is 1.77 bits per heavy atom. The number of aromatic nitrogens is 1. The number of anilines is 2. The van der Waals surface area contributed by atoms with Crippen LogP contribution in [0.1, 0.15) is 12.0 Å². The Bertz CT molecular complexity index is 1080. The fraction of sp³-hybridized carbons (Fsp3) is 0.111. The van der Waals surface area contributed by atoms with Crippen LogP contribution >= 0.6 is 27.3 Å². The van der Waals surface area contributed by atoms with Crippen molar-refractivity contribution in [3.05, 3.63) is 52.5 Å². The average molecular weight is 430 g/mol. The third kappa shape index (κ3) is 2.71. The summed E-state index contributed by atoms with van der Waals surface area (Å²) in [7, 11) is 0. The second-order valence-corrected chi connectivity index (χ2v) is 7.74. The molecule has 6 nitrogen and oxygen atoms in total. The van der Waals surface area contributed by atoms with Gasteiger partial charge >= 0.3 is 6.03 Å². The summed E-state index contributed by atoms with van der Waals surface area (Å²) < 4.78 is 1.72. The summed E-state index contributed by atoms with van der Waals surface area (Å²) in [4.78, 5) is 44.3. The van der Waals surface area contributed by atoms with E-state index < -0.39 is 17.8 Å². The predicted octanol–water partition coefficient (Wildman–Crippen LogP) is 4.26. The van der Waals surface area contributed by atoms with E-state index in [0.29, 0.717) is 11.2 Å². The number of hydrogen-bond donors (Lipinski definition) is 0. The van der Waals surface area contributed by atoms with E-state index in [1.165, 1.54) is 11.3 Å². The van der Waals surface area contributed by atoms with Gasteiger partial charge in [0.15, 0.2) is 0 Å². The topological polar surface area (TPSA) is 70.6 Å². The molecule has 4 amide bonds. The van der Waals surface area contributed by atoms with Gasteiger partial charge in [0, 0.05) is 4.47 Å². The third-order valence-corrected chi connectivity index (χ3v) is 5.57. The number of benzene rings is 2. The SMILES string of the molecule is Cc1ccccc1N1C(=O)CC(=O)N(c2nc3ccc(Br)cc3s2)C1=O. The maximum Gasteiger partial charge on any atom is 0.344 e. The Morgan fingerprint density at radius 3 is 2.54 bits per heavy atom. The van der Waals surface area contributed by atoms with Crippen molar-refractivity contribution in [3.63, 3.8) is 0 Å². The summed E-state index contributed by atoms with van der Waals surface area (Å²) in [6, 6.07) is 11.9. The molecule has 2 aromatic carbocycles. The van der Waals surface area contributed by atoms with Crippen molar-refractivity contribution in [3.8, 4) is 0 Å². The summed E-state index contributed by atoms with van der Waals surface area (Å²) in [6.45, 7) is 1.81. The van der Waals surface area contributed by atoms with E-state index >= 15 is 0 Å². The Hall–Kier alpha value is -2.58. The maximum atomic E-state index is 13.0. The van der Waals surface area contributed by atoms with Crippen LogP contribution in [0.3, 0.4) is 0 Å². The van der Waals surface area contributed by atoms with Crippen LogP contribution in [0.2, 0.25) is 0 Å². The number of nitrogens with zero attached hydrogens (tertiary/aromatic N) is 3. The molecule has 0 spiro atoms. The van der Waals surface area contributed by atoms with Crippen LogP contribution in [-0.4, -0.2) is 22.8 Å². The molecule has 1 saturated heterocycles. The first-order chi connectivity index (χ1) is 12.5. The molecular formula is C18H12BrN3O3S. The summed E-state index contributed by atoms with van der Waals surface area (Å²) in [5, 5.41) is 0.263. The number of carbonyl (C=O) groups is 3. The van der Waals surface area contributed by atoms with E-state index in [1.807, 2.05) is 37.3 Å². The molecule has 4 rings (SSSR count). The maximum absolute atomic E-state index is 13.0. The molecule has 1 fully saturated rings. The van der Waals surface area contributed by atoms with Gasteiger partial charge in [-0.2, -0.15) is 0 Å². The highest BCUT2D eigenvalue weighted by molar-refractivity contribution is 9.10. The first-order valence-corrected chi connectivity index (χ1v) is 9.38. The Kier molecular flexibility index (Phi) is 4.08. The zero-order valence-corrected chi connectivity index (χ0v) is 16.0. The number of thiazole rings is 1. The van der Waals surface area contributed by atoms with E-state index in [4.69, 9.17) is 0 Å². The van der Waals surface area contributed by atoms with Crippen LogP contribution in [0.15, 0.2) is 46.9 Å². The van der Waals surface area contributed by atoms with Gasteiger partial charge in [0.05, 0.1) is 15.9 Å². The van der Waals surface area contributed by atoms with Crippen LogP contribution in [0.5, 0.6) is 0 Å². The largest absolute Gasteiger partial charge is 0.344 e. The van der Waals surface area contributed by atoms with Crippen molar-refractivity contribution < 1.29 is 14.4 Å². The van der Waals surface area contributed by atoms with E-state index in [9.17, 15) is 14.4 Å². The smallest absolute Gasteiger partial charge is 0.273 e. The zero-order valence-electron chi connectivity index (χ0n) is 13.6. The lowest BCUT2D eigenvalue weighted by atomic mass is 10.1. The molecule has 0 radical (unpaired) electrons. The number of para-hydroxylation sites is 1. The van der Waals surface area contributed by atoms with Crippen LogP contribution in [0.25, 0.3) is 10.2 Å². The van der Waals surface area contributed by atoms with Gasteiger partial charge < -0.3 is 0 Å². The number of urea groups is 1. The van der Waals surface area contributed by atoms with Crippen molar-refractivity contribution in [1.29, 1.82) is 0 Å². The van der Waals surface area contributed by atoms with Gasteiger partial charge in [-0.3, -0.25) is 9.59 Å². The minimum Gasteiger partial charge on any atom is -0.273 e. The molecule has 0 aliphatic carbocycles. The van der Waals surface area contributed by atoms with Gasteiger partial charge in [-0.15, -0.1) is 0 Å². The van der Waals surface area contributed by atoms with Crippen molar-refractivity contribution >= 4 is 66.1 Å². The number of hydrogen-bond acceptors (Lipinski definition) is 5. The van der Waals surface area contributed by atoms with Crippen LogP contribution in [0, 0.1) is 6.92 Å². The molecular weight excluding hydrogens is 418 g/mol. The Balaban J connectivity index is 1.80. The highest BCUT2D eigenvalue weighted by Gasteiger charge is 2.41. The van der Waals surface area contributed by atoms with Gasteiger partial charge in [0.25, 0.3) is 0 Å². The molecule has 26 heavy (non-hydrogen) atoms.